The van der Waals surface area contributed by atoms with Gasteiger partial charge in [-0.15, -0.1) is 5.10 Å². The minimum atomic E-state index is -0.833. The van der Waals surface area contributed by atoms with E-state index in [0.29, 0.717) is 0 Å². The van der Waals surface area contributed by atoms with Gasteiger partial charge >= 0.3 is 0 Å². The second-order valence-corrected chi connectivity index (χ2v) is 3.66. The van der Waals surface area contributed by atoms with Gasteiger partial charge in [-0.25, -0.2) is 0 Å². The number of carboxylic acid groups (broad SMARTS) is 1. The summed E-state index contributed by atoms with van der Waals surface area (Å²) in [7, 11) is 0. The first-order valence-corrected chi connectivity index (χ1v) is 5.28. The molecule has 0 saturated carbocycles. The number of guanidine groups is 1. The van der Waals surface area contributed by atoms with Crippen molar-refractivity contribution < 1.29 is 9.90 Å². The third-order valence-corrected chi connectivity index (χ3v) is 2.00. The molecule has 0 bridgehead atoms. The Morgan fingerprint density at radius 2 is 1.94 bits per heavy atom. The fraction of sp³-hybridized carbons (Fsp3) is 0.100. The Labute approximate surface area is 107 Å². The highest BCUT2D eigenvalue weighted by atomic mass is 79.9. The van der Waals surface area contributed by atoms with Crippen molar-refractivity contribution in [3.8, 4) is 0 Å². The molecule has 0 heterocycles. The van der Waals surface area contributed by atoms with Crippen LogP contribution in [0, 0.1) is 0 Å². The van der Waals surface area contributed by atoms with Crippen LogP contribution in [0.15, 0.2) is 38.9 Å². The van der Waals surface area contributed by atoms with Gasteiger partial charge in [0, 0.05) is 17.0 Å². The minimum Gasteiger partial charge on any atom is -0.481 e. The zero-order valence-electron chi connectivity index (χ0n) is 9.17. The number of benzene rings is 1. The third kappa shape index (κ3) is 9.06. The molecule has 92 valence electrons. The van der Waals surface area contributed by atoms with Crippen LogP contribution in [0.4, 0.5) is 0 Å². The number of aliphatic carboxylic acids is 1. The lowest BCUT2D eigenvalue weighted by molar-refractivity contribution is -0.134. The van der Waals surface area contributed by atoms with Crippen LogP contribution in [0.1, 0.15) is 12.5 Å². The average Bonchev–Trinajstić information content (AvgIpc) is 2.19. The van der Waals surface area contributed by atoms with E-state index in [4.69, 9.17) is 21.4 Å². The highest BCUT2D eigenvalue weighted by molar-refractivity contribution is 9.10. The van der Waals surface area contributed by atoms with Gasteiger partial charge in [-0.3, -0.25) is 4.79 Å². The van der Waals surface area contributed by atoms with Crippen molar-refractivity contribution in [1.29, 1.82) is 0 Å². The summed E-state index contributed by atoms with van der Waals surface area (Å²) in [5, 5.41) is 14.6. The number of carbonyl (C=O) groups is 1. The summed E-state index contributed by atoms with van der Waals surface area (Å²) in [4.78, 5) is 9.00. The van der Waals surface area contributed by atoms with E-state index in [-0.39, 0.29) is 5.96 Å². The molecule has 7 heteroatoms. The zero-order chi connectivity index (χ0) is 13.3. The molecule has 0 aliphatic rings. The van der Waals surface area contributed by atoms with E-state index in [0.717, 1.165) is 17.0 Å². The lowest BCUT2D eigenvalue weighted by Crippen LogP contribution is -2.21. The van der Waals surface area contributed by atoms with E-state index >= 15 is 0 Å². The molecule has 0 aliphatic carbocycles. The van der Waals surface area contributed by atoms with Crippen LogP contribution in [0.5, 0.6) is 0 Å². The summed E-state index contributed by atoms with van der Waals surface area (Å²) in [6.07, 6.45) is 1.57. The molecular weight excluding hydrogens is 288 g/mol. The standard InChI is InChI=1S/C8H9BrN4.C2H4O2/c9-7-4-2-1-3-6(7)5-12-13-8(10)11;1-2(3)4/h1-5H,(H4,10,11,13);1H3,(H,3,4)/b12-5+;. The second-order valence-electron chi connectivity index (χ2n) is 2.81. The molecule has 0 amide bonds. The summed E-state index contributed by atoms with van der Waals surface area (Å²) >= 11 is 3.36. The predicted molar refractivity (Wildman–Crippen MR) is 70.9 cm³/mol. The van der Waals surface area contributed by atoms with Crippen LogP contribution >= 0.6 is 15.9 Å². The van der Waals surface area contributed by atoms with Gasteiger partial charge in [0.15, 0.2) is 0 Å². The molecule has 0 fully saturated rings. The van der Waals surface area contributed by atoms with Crippen molar-refractivity contribution in [1.82, 2.24) is 0 Å². The van der Waals surface area contributed by atoms with E-state index in [2.05, 4.69) is 26.1 Å². The maximum absolute atomic E-state index is 9.00. The topological polar surface area (TPSA) is 114 Å². The fourth-order valence-electron chi connectivity index (χ4n) is 0.738. The first kappa shape index (κ1) is 15.1. The lowest BCUT2D eigenvalue weighted by Gasteiger charge is -1.93. The number of nitrogens with zero attached hydrogens (tertiary/aromatic N) is 2. The van der Waals surface area contributed by atoms with E-state index in [1.54, 1.807) is 6.21 Å². The molecule has 0 aliphatic heterocycles. The monoisotopic (exact) mass is 300 g/mol. The van der Waals surface area contributed by atoms with Gasteiger partial charge in [0.05, 0.1) is 6.21 Å². The maximum Gasteiger partial charge on any atom is 0.300 e. The lowest BCUT2D eigenvalue weighted by atomic mass is 10.2. The Bertz CT molecular complexity index is 424. The molecule has 0 saturated heterocycles. The number of nitrogens with two attached hydrogens (primary N) is 2. The highest BCUT2D eigenvalue weighted by Gasteiger charge is 1.92. The van der Waals surface area contributed by atoms with E-state index in [9.17, 15) is 0 Å². The van der Waals surface area contributed by atoms with Crippen LogP contribution in [0.2, 0.25) is 0 Å². The highest BCUT2D eigenvalue weighted by Crippen LogP contribution is 2.13. The van der Waals surface area contributed by atoms with E-state index in [1.165, 1.54) is 0 Å². The average molecular weight is 301 g/mol. The Kier molecular flexibility index (Phi) is 7.36. The summed E-state index contributed by atoms with van der Waals surface area (Å²) in [6, 6.07) is 7.64. The summed E-state index contributed by atoms with van der Waals surface area (Å²) in [6.45, 7) is 1.08. The molecule has 0 unspecified atom stereocenters. The zero-order valence-corrected chi connectivity index (χ0v) is 10.8. The number of hydrogen-bond acceptors (Lipinski definition) is 3. The molecule has 1 aromatic carbocycles. The minimum absolute atomic E-state index is 0.0525. The quantitative estimate of drug-likeness (QED) is 0.432. The summed E-state index contributed by atoms with van der Waals surface area (Å²) < 4.78 is 0.949. The Morgan fingerprint density at radius 1 is 1.41 bits per heavy atom. The number of carboxylic acids is 1. The van der Waals surface area contributed by atoms with Crippen LogP contribution in [-0.4, -0.2) is 23.2 Å². The molecule has 0 atom stereocenters. The molecule has 1 rings (SSSR count). The Morgan fingerprint density at radius 3 is 2.41 bits per heavy atom. The third-order valence-electron chi connectivity index (χ3n) is 1.28. The van der Waals surface area contributed by atoms with Gasteiger partial charge in [0.25, 0.3) is 5.97 Å². The normalized spacial score (nSPS) is 9.29. The van der Waals surface area contributed by atoms with Crippen molar-refractivity contribution in [2.75, 3.05) is 0 Å². The maximum atomic E-state index is 9.00. The molecular formula is C10H13BrN4O2. The van der Waals surface area contributed by atoms with Crippen molar-refractivity contribution in [3.05, 3.63) is 34.3 Å². The van der Waals surface area contributed by atoms with Crippen molar-refractivity contribution in [3.63, 3.8) is 0 Å². The number of rotatable bonds is 2. The summed E-state index contributed by atoms with van der Waals surface area (Å²) in [5.41, 5.74) is 11.1. The molecule has 0 spiro atoms. The number of hydrogen-bond donors (Lipinski definition) is 3. The van der Waals surface area contributed by atoms with Crippen LogP contribution in [0.25, 0.3) is 0 Å². The van der Waals surface area contributed by atoms with Crippen molar-refractivity contribution in [2.45, 2.75) is 6.92 Å². The van der Waals surface area contributed by atoms with Gasteiger partial charge in [-0.2, -0.15) is 5.10 Å². The van der Waals surface area contributed by atoms with Gasteiger partial charge in [0.2, 0.25) is 5.96 Å². The first-order chi connectivity index (χ1) is 7.93. The van der Waals surface area contributed by atoms with Gasteiger partial charge < -0.3 is 16.6 Å². The fourth-order valence-corrected chi connectivity index (χ4v) is 1.12. The van der Waals surface area contributed by atoms with Crippen LogP contribution < -0.4 is 11.5 Å². The van der Waals surface area contributed by atoms with Crippen LogP contribution in [0.3, 0.4) is 0 Å². The Balaban J connectivity index is 0.000000557. The van der Waals surface area contributed by atoms with Gasteiger partial charge in [0.1, 0.15) is 0 Å². The molecule has 17 heavy (non-hydrogen) atoms. The SMILES string of the molecule is CC(=O)O.NC(N)=N/N=C/c1ccccc1Br. The van der Waals surface area contributed by atoms with E-state index < -0.39 is 5.97 Å². The molecule has 6 nitrogen and oxygen atoms in total. The first-order valence-electron chi connectivity index (χ1n) is 4.49. The van der Waals surface area contributed by atoms with Crippen molar-refractivity contribution >= 4 is 34.1 Å². The van der Waals surface area contributed by atoms with E-state index in [1.807, 2.05) is 24.3 Å². The van der Waals surface area contributed by atoms with Gasteiger partial charge in [-0.1, -0.05) is 34.1 Å². The molecule has 1 aromatic rings. The summed E-state index contributed by atoms with van der Waals surface area (Å²) in [5.74, 6) is -0.886. The van der Waals surface area contributed by atoms with Gasteiger partial charge in [-0.05, 0) is 6.07 Å². The molecule has 5 N–H and O–H groups in total. The van der Waals surface area contributed by atoms with Crippen molar-refractivity contribution in [2.24, 2.45) is 21.7 Å². The Hall–Kier alpha value is -1.89. The van der Waals surface area contributed by atoms with Crippen LogP contribution in [-0.2, 0) is 4.79 Å². The second kappa shape index (κ2) is 8.28. The predicted octanol–water partition coefficient (Wildman–Crippen LogP) is 1.15. The largest absolute Gasteiger partial charge is 0.481 e. The molecule has 0 aromatic heterocycles. The molecule has 0 radical (unpaired) electrons. The smallest absolute Gasteiger partial charge is 0.300 e. The number of halogens is 1.